The molecule has 22 heavy (non-hydrogen) atoms. The van der Waals surface area contributed by atoms with E-state index in [0.29, 0.717) is 17.5 Å². The third kappa shape index (κ3) is 2.35. The Morgan fingerprint density at radius 2 is 1.95 bits per heavy atom. The van der Waals surface area contributed by atoms with Gasteiger partial charge in [-0.2, -0.15) is 0 Å². The molecule has 0 radical (unpaired) electrons. The highest BCUT2D eigenvalue weighted by Crippen LogP contribution is 2.31. The van der Waals surface area contributed by atoms with Crippen molar-refractivity contribution in [1.29, 1.82) is 0 Å². The van der Waals surface area contributed by atoms with E-state index in [1.165, 1.54) is 0 Å². The van der Waals surface area contributed by atoms with E-state index < -0.39 is 0 Å². The number of oxazole rings is 1. The number of fused-ring (bicyclic) bond motifs is 1. The first kappa shape index (κ1) is 13.3. The van der Waals surface area contributed by atoms with Crippen LogP contribution in [0.4, 0.5) is 5.82 Å². The predicted octanol–water partition coefficient (Wildman–Crippen LogP) is 3.95. The molecule has 1 aromatic carbocycles. The fourth-order valence-electron chi connectivity index (χ4n) is 2.68. The topological polar surface area (TPSA) is 42.2 Å². The Kier molecular flexibility index (Phi) is 3.31. The molecule has 0 spiro atoms. The van der Waals surface area contributed by atoms with Gasteiger partial charge in [0, 0.05) is 19.2 Å². The van der Waals surface area contributed by atoms with E-state index in [1.807, 2.05) is 42.5 Å². The fourth-order valence-corrected chi connectivity index (χ4v) is 2.90. The van der Waals surface area contributed by atoms with Crippen LogP contribution in [0.5, 0.6) is 0 Å². The zero-order valence-electron chi connectivity index (χ0n) is 11.9. The smallest absolute Gasteiger partial charge is 0.228 e. The number of pyridine rings is 1. The molecule has 0 atom stereocenters. The van der Waals surface area contributed by atoms with Crippen LogP contribution < -0.4 is 4.90 Å². The van der Waals surface area contributed by atoms with Crippen LogP contribution in [0.1, 0.15) is 11.5 Å². The first-order valence-corrected chi connectivity index (χ1v) is 7.58. The van der Waals surface area contributed by atoms with Gasteiger partial charge in [-0.3, -0.25) is 0 Å². The maximum Gasteiger partial charge on any atom is 0.228 e. The van der Waals surface area contributed by atoms with Crippen molar-refractivity contribution in [2.75, 3.05) is 11.4 Å². The van der Waals surface area contributed by atoms with Gasteiger partial charge in [-0.05, 0) is 24.3 Å². The van der Waals surface area contributed by atoms with Crippen LogP contribution in [-0.2, 0) is 13.0 Å². The number of anilines is 1. The first-order chi connectivity index (χ1) is 10.8. The molecule has 0 bridgehead atoms. The third-order valence-corrected chi connectivity index (χ3v) is 4.14. The maximum atomic E-state index is 6.23. The summed E-state index contributed by atoms with van der Waals surface area (Å²) in [6, 6.07) is 13.5. The van der Waals surface area contributed by atoms with E-state index in [-0.39, 0.29) is 0 Å². The second kappa shape index (κ2) is 5.46. The average Bonchev–Trinajstić information content (AvgIpc) is 2.99. The van der Waals surface area contributed by atoms with Gasteiger partial charge in [-0.15, -0.1) is 0 Å². The van der Waals surface area contributed by atoms with E-state index in [2.05, 4.69) is 14.9 Å². The lowest BCUT2D eigenvalue weighted by Crippen LogP contribution is -2.30. The number of hydrogen-bond acceptors (Lipinski definition) is 4. The average molecular weight is 312 g/mol. The molecule has 3 heterocycles. The third-order valence-electron chi connectivity index (χ3n) is 3.81. The normalized spacial score (nSPS) is 14.0. The minimum absolute atomic E-state index is 0.596. The predicted molar refractivity (Wildman–Crippen MR) is 85.9 cm³/mol. The lowest BCUT2D eigenvalue weighted by molar-refractivity contribution is 0.494. The van der Waals surface area contributed by atoms with Crippen LogP contribution in [0, 0.1) is 0 Å². The van der Waals surface area contributed by atoms with E-state index in [0.717, 1.165) is 35.8 Å². The summed E-state index contributed by atoms with van der Waals surface area (Å²) in [7, 11) is 0. The molecule has 0 aliphatic carbocycles. The number of hydrogen-bond donors (Lipinski definition) is 0. The molecule has 1 aliphatic heterocycles. The van der Waals surface area contributed by atoms with Crippen molar-refractivity contribution >= 4 is 17.4 Å². The standard InChI is InChI=1S/C17H14ClN3O/c18-13-6-2-1-5-12(13)17-20-14-8-10-21(11-15(14)22-17)16-7-3-4-9-19-16/h1-7,9H,8,10-11H2. The Balaban J connectivity index is 1.65. The summed E-state index contributed by atoms with van der Waals surface area (Å²) in [6.45, 7) is 1.57. The molecule has 0 fully saturated rings. The summed E-state index contributed by atoms with van der Waals surface area (Å²) in [6.07, 6.45) is 2.65. The fraction of sp³-hybridized carbons (Fsp3) is 0.176. The molecule has 2 aromatic heterocycles. The Morgan fingerprint density at radius 3 is 2.77 bits per heavy atom. The molecule has 4 nitrogen and oxygen atoms in total. The molecule has 0 saturated carbocycles. The van der Waals surface area contributed by atoms with Gasteiger partial charge in [0.25, 0.3) is 0 Å². The molecule has 5 heteroatoms. The van der Waals surface area contributed by atoms with Crippen molar-refractivity contribution in [2.24, 2.45) is 0 Å². The molecule has 1 aliphatic rings. The minimum Gasteiger partial charge on any atom is -0.439 e. The zero-order valence-corrected chi connectivity index (χ0v) is 12.6. The Hall–Kier alpha value is -2.33. The molecule has 0 unspecified atom stereocenters. The molecule has 110 valence electrons. The highest BCUT2D eigenvalue weighted by molar-refractivity contribution is 6.33. The lowest BCUT2D eigenvalue weighted by Gasteiger charge is -2.25. The van der Waals surface area contributed by atoms with Crippen molar-refractivity contribution in [3.8, 4) is 11.5 Å². The van der Waals surface area contributed by atoms with Gasteiger partial charge >= 0.3 is 0 Å². The molecular formula is C17H14ClN3O. The Morgan fingerprint density at radius 1 is 1.09 bits per heavy atom. The number of benzene rings is 1. The second-order valence-corrected chi connectivity index (χ2v) is 5.64. The highest BCUT2D eigenvalue weighted by Gasteiger charge is 2.24. The second-order valence-electron chi connectivity index (χ2n) is 5.23. The van der Waals surface area contributed by atoms with E-state index >= 15 is 0 Å². The Bertz CT molecular complexity index is 801. The quantitative estimate of drug-likeness (QED) is 0.718. The van der Waals surface area contributed by atoms with Crippen LogP contribution in [-0.4, -0.2) is 16.5 Å². The van der Waals surface area contributed by atoms with E-state index in [4.69, 9.17) is 16.0 Å². The van der Waals surface area contributed by atoms with Gasteiger partial charge in [0.1, 0.15) is 11.6 Å². The molecular weight excluding hydrogens is 298 g/mol. The summed E-state index contributed by atoms with van der Waals surface area (Å²) in [4.78, 5) is 11.2. The molecule has 0 saturated heterocycles. The van der Waals surface area contributed by atoms with Crippen LogP contribution in [0.3, 0.4) is 0 Å². The van der Waals surface area contributed by atoms with E-state index in [1.54, 1.807) is 6.20 Å². The van der Waals surface area contributed by atoms with E-state index in [9.17, 15) is 0 Å². The number of nitrogens with zero attached hydrogens (tertiary/aromatic N) is 3. The van der Waals surface area contributed by atoms with Crippen LogP contribution >= 0.6 is 11.6 Å². The number of halogens is 1. The number of rotatable bonds is 2. The Labute approximate surface area is 133 Å². The summed E-state index contributed by atoms with van der Waals surface area (Å²) in [5.41, 5.74) is 1.85. The van der Waals surface area contributed by atoms with Crippen molar-refractivity contribution in [3.05, 3.63) is 65.1 Å². The lowest BCUT2D eigenvalue weighted by atomic mass is 10.1. The summed E-state index contributed by atoms with van der Waals surface area (Å²) < 4.78 is 5.96. The van der Waals surface area contributed by atoms with Crippen molar-refractivity contribution in [3.63, 3.8) is 0 Å². The van der Waals surface area contributed by atoms with Gasteiger partial charge in [0.15, 0.2) is 0 Å². The highest BCUT2D eigenvalue weighted by atomic mass is 35.5. The summed E-state index contributed by atoms with van der Waals surface area (Å²) in [5, 5.41) is 0.655. The van der Waals surface area contributed by atoms with Crippen LogP contribution in [0.25, 0.3) is 11.5 Å². The summed E-state index contributed by atoms with van der Waals surface area (Å²) >= 11 is 6.23. The molecule has 4 rings (SSSR count). The van der Waals surface area contributed by atoms with Crippen LogP contribution in [0.15, 0.2) is 53.1 Å². The minimum atomic E-state index is 0.596. The first-order valence-electron chi connectivity index (χ1n) is 7.21. The van der Waals surface area contributed by atoms with Gasteiger partial charge in [0.05, 0.1) is 22.8 Å². The summed E-state index contributed by atoms with van der Waals surface area (Å²) in [5.74, 6) is 2.45. The largest absolute Gasteiger partial charge is 0.439 e. The van der Waals surface area contributed by atoms with Gasteiger partial charge < -0.3 is 9.32 Å². The maximum absolute atomic E-state index is 6.23. The zero-order chi connectivity index (χ0) is 14.9. The van der Waals surface area contributed by atoms with Gasteiger partial charge in [-0.1, -0.05) is 29.8 Å². The SMILES string of the molecule is Clc1ccccc1-c1nc2c(o1)CN(c1ccccn1)CC2. The van der Waals surface area contributed by atoms with Crippen molar-refractivity contribution in [2.45, 2.75) is 13.0 Å². The van der Waals surface area contributed by atoms with Gasteiger partial charge in [-0.25, -0.2) is 9.97 Å². The molecule has 0 N–H and O–H groups in total. The van der Waals surface area contributed by atoms with Crippen LogP contribution in [0.2, 0.25) is 5.02 Å². The molecule has 3 aromatic rings. The van der Waals surface area contributed by atoms with Gasteiger partial charge in [0.2, 0.25) is 5.89 Å². The van der Waals surface area contributed by atoms with Crippen molar-refractivity contribution < 1.29 is 4.42 Å². The monoisotopic (exact) mass is 311 g/mol. The number of aromatic nitrogens is 2. The van der Waals surface area contributed by atoms with Crippen molar-refractivity contribution in [1.82, 2.24) is 9.97 Å². The molecule has 0 amide bonds.